The number of amides is 1. The van der Waals surface area contributed by atoms with E-state index in [0.717, 1.165) is 42.5 Å². The van der Waals surface area contributed by atoms with Crippen molar-refractivity contribution in [1.29, 1.82) is 0 Å². The quantitative estimate of drug-likeness (QED) is 0.585. The number of carbonyl (C=O) groups is 1. The summed E-state index contributed by atoms with van der Waals surface area (Å²) < 4.78 is 1.54. The molecule has 0 aliphatic heterocycles. The molecule has 3 N–H and O–H groups in total. The number of benzene rings is 1. The molecule has 0 saturated heterocycles. The Labute approximate surface area is 181 Å². The van der Waals surface area contributed by atoms with Crippen molar-refractivity contribution >= 4 is 17.5 Å². The first kappa shape index (κ1) is 21.0. The lowest BCUT2D eigenvalue weighted by molar-refractivity contribution is 0.0710. The molecule has 1 amide bonds. The maximum Gasteiger partial charge on any atom is 0.269 e. The summed E-state index contributed by atoms with van der Waals surface area (Å²) in [4.78, 5) is 21.6. The average Bonchev–Trinajstić information content (AvgIpc) is 3.11. The Kier molecular flexibility index (Phi) is 5.99. The summed E-state index contributed by atoms with van der Waals surface area (Å²) in [7, 11) is 1.73. The molecule has 0 bridgehead atoms. The minimum absolute atomic E-state index is 0.216. The molecule has 31 heavy (non-hydrogen) atoms. The molecule has 0 unspecified atom stereocenters. The standard InChI is InChI=1S/C23H28N6O2/c1-14-10-15(2)12-16(11-14)25-23-24-9-8-17(27-23)19-13-20(29(3)28-19)22(31)26-18-6-4-5-7-21(18)30/h8-13,18,21,30H,4-7H2,1-3H3,(H,26,31)(H,24,25,27)/t18-,21+/m0/s1. The fraction of sp³-hybridized carbons (Fsp3) is 0.391. The molecule has 0 spiro atoms. The molecular formula is C23H28N6O2. The lowest BCUT2D eigenvalue weighted by Gasteiger charge is -2.28. The van der Waals surface area contributed by atoms with Crippen LogP contribution >= 0.6 is 0 Å². The van der Waals surface area contributed by atoms with Crippen LogP contribution in [0.15, 0.2) is 36.5 Å². The van der Waals surface area contributed by atoms with Crippen LogP contribution in [0.3, 0.4) is 0 Å². The molecule has 2 heterocycles. The van der Waals surface area contributed by atoms with Crippen molar-refractivity contribution in [2.75, 3.05) is 5.32 Å². The first-order chi connectivity index (χ1) is 14.9. The topological polar surface area (TPSA) is 105 Å². The summed E-state index contributed by atoms with van der Waals surface area (Å²) in [6, 6.07) is 9.44. The molecule has 2 aromatic heterocycles. The molecule has 1 aliphatic carbocycles. The van der Waals surface area contributed by atoms with E-state index in [1.165, 1.54) is 0 Å². The zero-order valence-electron chi connectivity index (χ0n) is 18.1. The van der Waals surface area contributed by atoms with Gasteiger partial charge in [0.05, 0.1) is 17.8 Å². The number of nitrogens with one attached hydrogen (secondary N) is 2. The second-order valence-corrected chi connectivity index (χ2v) is 8.24. The van der Waals surface area contributed by atoms with Crippen LogP contribution in [0, 0.1) is 13.8 Å². The van der Waals surface area contributed by atoms with Gasteiger partial charge in [0.25, 0.3) is 5.91 Å². The van der Waals surface area contributed by atoms with E-state index in [2.05, 4.69) is 31.8 Å². The van der Waals surface area contributed by atoms with E-state index >= 15 is 0 Å². The lowest BCUT2D eigenvalue weighted by atomic mass is 9.92. The average molecular weight is 421 g/mol. The number of nitrogens with zero attached hydrogens (tertiary/aromatic N) is 4. The second-order valence-electron chi connectivity index (χ2n) is 8.24. The van der Waals surface area contributed by atoms with Crippen LogP contribution in [0.25, 0.3) is 11.4 Å². The van der Waals surface area contributed by atoms with E-state index in [-0.39, 0.29) is 11.9 Å². The van der Waals surface area contributed by atoms with Crippen molar-refractivity contribution in [2.45, 2.75) is 51.7 Å². The monoisotopic (exact) mass is 420 g/mol. The van der Waals surface area contributed by atoms with Crippen molar-refractivity contribution in [1.82, 2.24) is 25.1 Å². The van der Waals surface area contributed by atoms with Crippen molar-refractivity contribution in [3.8, 4) is 11.4 Å². The first-order valence-electron chi connectivity index (χ1n) is 10.6. The predicted octanol–water partition coefficient (Wildman–Crippen LogP) is 3.27. The number of hydrogen-bond acceptors (Lipinski definition) is 6. The van der Waals surface area contributed by atoms with Crippen LogP contribution in [0.1, 0.15) is 47.3 Å². The molecule has 4 rings (SSSR count). The number of aromatic nitrogens is 4. The van der Waals surface area contributed by atoms with Crippen LogP contribution in [0.5, 0.6) is 0 Å². The summed E-state index contributed by atoms with van der Waals surface area (Å²) in [5.74, 6) is 0.222. The number of anilines is 2. The zero-order chi connectivity index (χ0) is 22.0. The van der Waals surface area contributed by atoms with Gasteiger partial charge in [0.1, 0.15) is 11.4 Å². The van der Waals surface area contributed by atoms with E-state index in [1.807, 2.05) is 26.0 Å². The van der Waals surface area contributed by atoms with Gasteiger partial charge in [-0.1, -0.05) is 18.9 Å². The highest BCUT2D eigenvalue weighted by atomic mass is 16.3. The molecule has 0 radical (unpaired) electrons. The third-order valence-electron chi connectivity index (χ3n) is 5.55. The van der Waals surface area contributed by atoms with Gasteiger partial charge < -0.3 is 15.7 Å². The van der Waals surface area contributed by atoms with Crippen molar-refractivity contribution in [3.05, 3.63) is 53.3 Å². The van der Waals surface area contributed by atoms with Gasteiger partial charge in [-0.05, 0) is 62.1 Å². The molecule has 8 nitrogen and oxygen atoms in total. The second kappa shape index (κ2) is 8.85. The lowest BCUT2D eigenvalue weighted by Crippen LogP contribution is -2.45. The van der Waals surface area contributed by atoms with Crippen molar-refractivity contribution in [2.24, 2.45) is 7.05 Å². The number of aryl methyl sites for hydroxylation is 3. The third kappa shape index (κ3) is 4.91. The Hall–Kier alpha value is -3.26. The summed E-state index contributed by atoms with van der Waals surface area (Å²) in [6.07, 6.45) is 4.69. The zero-order valence-corrected chi connectivity index (χ0v) is 18.1. The van der Waals surface area contributed by atoms with Gasteiger partial charge in [0.2, 0.25) is 5.95 Å². The van der Waals surface area contributed by atoms with E-state index in [0.29, 0.717) is 23.0 Å². The number of rotatable bonds is 5. The number of hydrogen-bond donors (Lipinski definition) is 3. The molecule has 1 aliphatic rings. The van der Waals surface area contributed by atoms with Crippen LogP contribution in [-0.2, 0) is 7.05 Å². The van der Waals surface area contributed by atoms with Crippen LogP contribution in [0.4, 0.5) is 11.6 Å². The fourth-order valence-electron chi connectivity index (χ4n) is 4.06. The largest absolute Gasteiger partial charge is 0.391 e. The van der Waals surface area contributed by atoms with Gasteiger partial charge in [-0.2, -0.15) is 5.10 Å². The summed E-state index contributed by atoms with van der Waals surface area (Å²) in [5, 5.41) is 20.8. The molecule has 1 fully saturated rings. The van der Waals surface area contributed by atoms with Crippen molar-refractivity contribution in [3.63, 3.8) is 0 Å². The summed E-state index contributed by atoms with van der Waals surface area (Å²) >= 11 is 0. The van der Waals surface area contributed by atoms with E-state index in [1.54, 1.807) is 30.1 Å². The van der Waals surface area contributed by atoms with Crippen LogP contribution in [-0.4, -0.2) is 42.9 Å². The van der Waals surface area contributed by atoms with Gasteiger partial charge in [-0.25, -0.2) is 9.97 Å². The first-order valence-corrected chi connectivity index (χ1v) is 10.6. The van der Waals surface area contributed by atoms with Gasteiger partial charge >= 0.3 is 0 Å². The summed E-state index contributed by atoms with van der Waals surface area (Å²) in [6.45, 7) is 4.09. The Morgan fingerprint density at radius 1 is 1.10 bits per heavy atom. The molecule has 8 heteroatoms. The van der Waals surface area contributed by atoms with Gasteiger partial charge in [0.15, 0.2) is 0 Å². The van der Waals surface area contributed by atoms with Gasteiger partial charge in [0, 0.05) is 18.9 Å². The normalized spacial score (nSPS) is 18.6. The molecule has 3 aromatic rings. The highest BCUT2D eigenvalue weighted by Gasteiger charge is 2.26. The molecule has 2 atom stereocenters. The fourth-order valence-corrected chi connectivity index (χ4v) is 4.06. The minimum Gasteiger partial charge on any atom is -0.391 e. The maximum atomic E-state index is 12.8. The third-order valence-corrected chi connectivity index (χ3v) is 5.55. The Morgan fingerprint density at radius 2 is 1.84 bits per heavy atom. The van der Waals surface area contributed by atoms with E-state index < -0.39 is 6.10 Å². The van der Waals surface area contributed by atoms with Crippen LogP contribution in [0.2, 0.25) is 0 Å². The minimum atomic E-state index is -0.494. The highest BCUT2D eigenvalue weighted by Crippen LogP contribution is 2.22. The Morgan fingerprint density at radius 3 is 2.58 bits per heavy atom. The molecule has 1 aromatic carbocycles. The molecule has 1 saturated carbocycles. The Balaban J connectivity index is 1.52. The van der Waals surface area contributed by atoms with Crippen molar-refractivity contribution < 1.29 is 9.90 Å². The molecular weight excluding hydrogens is 392 g/mol. The number of aliphatic hydroxyl groups is 1. The number of carbonyl (C=O) groups excluding carboxylic acids is 1. The Bertz CT molecular complexity index is 1070. The summed E-state index contributed by atoms with van der Waals surface area (Å²) in [5.41, 5.74) is 4.86. The van der Waals surface area contributed by atoms with Crippen LogP contribution < -0.4 is 10.6 Å². The van der Waals surface area contributed by atoms with Gasteiger partial charge in [-0.3, -0.25) is 9.48 Å². The molecule has 162 valence electrons. The predicted molar refractivity (Wildman–Crippen MR) is 119 cm³/mol. The maximum absolute atomic E-state index is 12.8. The highest BCUT2D eigenvalue weighted by molar-refractivity contribution is 5.93. The van der Waals surface area contributed by atoms with Gasteiger partial charge in [-0.15, -0.1) is 0 Å². The van der Waals surface area contributed by atoms with E-state index in [4.69, 9.17) is 0 Å². The van der Waals surface area contributed by atoms with E-state index in [9.17, 15) is 9.90 Å². The smallest absolute Gasteiger partial charge is 0.269 e. The number of aliphatic hydroxyl groups excluding tert-OH is 1. The SMILES string of the molecule is Cc1cc(C)cc(Nc2nccc(-c3cc(C(=O)N[C@H]4CCCC[C@H]4O)n(C)n3)n2)c1.